The summed E-state index contributed by atoms with van der Waals surface area (Å²) in [7, 11) is 1.68. The van der Waals surface area contributed by atoms with Crippen LogP contribution in [0.2, 0.25) is 0 Å². The van der Waals surface area contributed by atoms with Gasteiger partial charge in [-0.05, 0) is 35.0 Å². The molecule has 1 amide bonds. The minimum atomic E-state index is -0.300. The fourth-order valence-electron chi connectivity index (χ4n) is 3.86. The number of amides is 1. The van der Waals surface area contributed by atoms with Crippen molar-refractivity contribution in [2.24, 2.45) is 7.05 Å². The van der Waals surface area contributed by atoms with Crippen molar-refractivity contribution in [3.63, 3.8) is 0 Å². The number of hydrogen-bond acceptors (Lipinski definition) is 5. The van der Waals surface area contributed by atoms with Crippen molar-refractivity contribution in [3.05, 3.63) is 83.6 Å². The molecule has 0 spiro atoms. The quantitative estimate of drug-likeness (QED) is 0.552. The highest BCUT2D eigenvalue weighted by Gasteiger charge is 2.21. The molecule has 1 aromatic heterocycles. The number of carbonyl (C=O) groups excluding carboxylic acids is 1. The summed E-state index contributed by atoms with van der Waals surface area (Å²) in [6.45, 7) is 1.08. The molecule has 3 aromatic carbocycles. The number of aryl methyl sites for hydroxylation is 1. The predicted octanol–water partition coefficient (Wildman–Crippen LogP) is 4.05. The molecule has 1 N–H and O–H groups in total. The van der Waals surface area contributed by atoms with Crippen LogP contribution >= 0.6 is 0 Å². The molecule has 0 saturated heterocycles. The van der Waals surface area contributed by atoms with Gasteiger partial charge in [-0.3, -0.25) is 9.48 Å². The summed E-state index contributed by atoms with van der Waals surface area (Å²) in [4.78, 5) is 14.9. The fraction of sp³-hybridized carbons (Fsp3) is 0.125. The molecule has 0 fully saturated rings. The molecule has 0 unspecified atom stereocenters. The molecular weight excluding hydrogens is 390 g/mol. The second kappa shape index (κ2) is 7.50. The minimum Gasteiger partial charge on any atom is -0.473 e. The average molecular weight is 409 g/mol. The summed E-state index contributed by atoms with van der Waals surface area (Å²) in [6.07, 6.45) is 1.43. The molecule has 2 heterocycles. The summed E-state index contributed by atoms with van der Waals surface area (Å²) in [6, 6.07) is 21.8. The topological polar surface area (TPSA) is 83.2 Å². The minimum absolute atomic E-state index is 0.300. The molecule has 7 heteroatoms. The zero-order valence-electron chi connectivity index (χ0n) is 16.9. The second-order valence-electron chi connectivity index (χ2n) is 7.38. The van der Waals surface area contributed by atoms with Crippen LogP contribution in [-0.4, -0.2) is 22.4 Å². The number of nitriles is 1. The smallest absolute Gasteiger partial charge is 0.256 e. The molecule has 152 valence electrons. The van der Waals surface area contributed by atoms with Crippen molar-refractivity contribution in [2.45, 2.75) is 6.54 Å². The molecule has 0 atom stereocenters. The Labute approximate surface area is 179 Å². The number of ether oxygens (including phenoxy) is 1. The van der Waals surface area contributed by atoms with Gasteiger partial charge in [-0.1, -0.05) is 36.4 Å². The third kappa shape index (κ3) is 3.34. The average Bonchev–Trinajstić information content (AvgIpc) is 3.17. The highest BCUT2D eigenvalue weighted by molar-refractivity contribution is 6.05. The number of hydrogen-bond donors (Lipinski definition) is 1. The lowest BCUT2D eigenvalue weighted by Gasteiger charge is -2.31. The molecule has 1 aliphatic heterocycles. The Bertz CT molecular complexity index is 1350. The molecule has 0 radical (unpaired) electrons. The van der Waals surface area contributed by atoms with Gasteiger partial charge >= 0.3 is 0 Å². The number of rotatable bonds is 3. The van der Waals surface area contributed by atoms with Gasteiger partial charge in [-0.15, -0.1) is 0 Å². The van der Waals surface area contributed by atoms with Crippen LogP contribution in [0.1, 0.15) is 21.5 Å². The molecular formula is C24H19N5O2. The van der Waals surface area contributed by atoms with Crippen molar-refractivity contribution < 1.29 is 9.53 Å². The summed E-state index contributed by atoms with van der Waals surface area (Å²) in [5.41, 5.74) is 2.83. The highest BCUT2D eigenvalue weighted by Crippen LogP contribution is 2.34. The Kier molecular flexibility index (Phi) is 4.53. The lowest BCUT2D eigenvalue weighted by Crippen LogP contribution is -2.32. The van der Waals surface area contributed by atoms with Gasteiger partial charge in [0.2, 0.25) is 0 Å². The number of benzene rings is 3. The number of carbonyl (C=O) groups is 1. The van der Waals surface area contributed by atoms with Crippen LogP contribution in [0.25, 0.3) is 10.8 Å². The van der Waals surface area contributed by atoms with Gasteiger partial charge < -0.3 is 15.0 Å². The first kappa shape index (κ1) is 18.7. The Balaban J connectivity index is 1.42. The monoisotopic (exact) mass is 409 g/mol. The van der Waals surface area contributed by atoms with Crippen LogP contribution in [-0.2, 0) is 13.6 Å². The SMILES string of the molecule is Cn1ncc(C#N)c1NC(=O)c1cccc(N2COc3ccc4ccccc4c3C2)c1. The van der Waals surface area contributed by atoms with E-state index in [-0.39, 0.29) is 5.91 Å². The van der Waals surface area contributed by atoms with Crippen molar-refractivity contribution in [1.29, 1.82) is 5.26 Å². The second-order valence-corrected chi connectivity index (χ2v) is 7.38. The summed E-state index contributed by atoms with van der Waals surface area (Å²) >= 11 is 0. The summed E-state index contributed by atoms with van der Waals surface area (Å²) in [5.74, 6) is 0.967. The Morgan fingerprint density at radius 3 is 2.90 bits per heavy atom. The van der Waals surface area contributed by atoms with Crippen molar-refractivity contribution in [2.75, 3.05) is 16.9 Å². The third-order valence-corrected chi connectivity index (χ3v) is 5.49. The van der Waals surface area contributed by atoms with E-state index in [9.17, 15) is 10.1 Å². The van der Waals surface area contributed by atoms with Gasteiger partial charge in [-0.25, -0.2) is 0 Å². The van der Waals surface area contributed by atoms with Crippen molar-refractivity contribution in [3.8, 4) is 11.8 Å². The maximum absolute atomic E-state index is 12.8. The fourth-order valence-corrected chi connectivity index (χ4v) is 3.86. The zero-order valence-corrected chi connectivity index (χ0v) is 16.9. The summed E-state index contributed by atoms with van der Waals surface area (Å²) < 4.78 is 7.48. The van der Waals surface area contributed by atoms with E-state index >= 15 is 0 Å². The molecule has 0 aliphatic carbocycles. The largest absolute Gasteiger partial charge is 0.473 e. The normalized spacial score (nSPS) is 12.7. The van der Waals surface area contributed by atoms with E-state index in [0.717, 1.165) is 17.0 Å². The first-order valence-corrected chi connectivity index (χ1v) is 9.86. The maximum atomic E-state index is 12.8. The van der Waals surface area contributed by atoms with Crippen LogP contribution in [0, 0.1) is 11.3 Å². The number of fused-ring (bicyclic) bond motifs is 3. The van der Waals surface area contributed by atoms with Gasteiger partial charge in [0, 0.05) is 23.9 Å². The zero-order chi connectivity index (χ0) is 21.4. The van der Waals surface area contributed by atoms with Crippen LogP contribution in [0.15, 0.2) is 66.9 Å². The molecule has 7 nitrogen and oxygen atoms in total. The molecule has 0 saturated carbocycles. The van der Waals surface area contributed by atoms with Crippen molar-refractivity contribution in [1.82, 2.24) is 9.78 Å². The lowest BCUT2D eigenvalue weighted by molar-refractivity contribution is 0.102. The number of anilines is 2. The molecule has 0 bridgehead atoms. The number of aromatic nitrogens is 2. The van der Waals surface area contributed by atoms with Gasteiger partial charge in [0.15, 0.2) is 6.73 Å². The van der Waals surface area contributed by atoms with Crippen LogP contribution < -0.4 is 15.0 Å². The van der Waals surface area contributed by atoms with Crippen molar-refractivity contribution >= 4 is 28.2 Å². The summed E-state index contributed by atoms with van der Waals surface area (Å²) in [5, 5.41) is 18.4. The lowest BCUT2D eigenvalue weighted by atomic mass is 10.0. The Morgan fingerprint density at radius 1 is 1.16 bits per heavy atom. The Morgan fingerprint density at radius 2 is 2.03 bits per heavy atom. The molecule has 1 aliphatic rings. The maximum Gasteiger partial charge on any atom is 0.256 e. The highest BCUT2D eigenvalue weighted by atomic mass is 16.5. The van der Waals surface area contributed by atoms with E-state index in [1.54, 1.807) is 13.1 Å². The van der Waals surface area contributed by atoms with Crippen LogP contribution in [0.5, 0.6) is 5.75 Å². The van der Waals surface area contributed by atoms with Crippen LogP contribution in [0.4, 0.5) is 11.5 Å². The van der Waals surface area contributed by atoms with E-state index in [2.05, 4.69) is 33.5 Å². The van der Waals surface area contributed by atoms with E-state index in [1.165, 1.54) is 21.7 Å². The molecule has 5 rings (SSSR count). The van der Waals surface area contributed by atoms with Gasteiger partial charge in [0.05, 0.1) is 12.7 Å². The van der Waals surface area contributed by atoms with E-state index < -0.39 is 0 Å². The molecule has 4 aromatic rings. The number of nitrogens with one attached hydrogen (secondary N) is 1. The van der Waals surface area contributed by atoms with Gasteiger partial charge in [0.1, 0.15) is 23.2 Å². The van der Waals surface area contributed by atoms with Gasteiger partial charge in [0.25, 0.3) is 5.91 Å². The van der Waals surface area contributed by atoms with Gasteiger partial charge in [-0.2, -0.15) is 10.4 Å². The van der Waals surface area contributed by atoms with E-state index in [4.69, 9.17) is 4.74 Å². The first-order valence-electron chi connectivity index (χ1n) is 9.86. The number of nitrogens with zero attached hydrogens (tertiary/aromatic N) is 4. The first-order chi connectivity index (χ1) is 15.1. The van der Waals surface area contributed by atoms with Crippen LogP contribution in [0.3, 0.4) is 0 Å². The van der Waals surface area contributed by atoms with E-state index in [1.807, 2.05) is 42.5 Å². The Hall–Kier alpha value is -4.31. The standard InChI is InChI=1S/C24H19N5O2/c1-28-23(18(12-25)13-26-28)27-24(30)17-6-4-7-19(11-17)29-14-21-20-8-3-2-5-16(20)9-10-22(21)31-15-29/h2-11,13H,14-15H2,1H3,(H,27,30). The molecule has 31 heavy (non-hydrogen) atoms. The predicted molar refractivity (Wildman–Crippen MR) is 118 cm³/mol. The third-order valence-electron chi connectivity index (χ3n) is 5.49. The van der Waals surface area contributed by atoms with E-state index in [0.29, 0.717) is 30.2 Å².